The van der Waals surface area contributed by atoms with Gasteiger partial charge in [-0.25, -0.2) is 4.98 Å². The predicted molar refractivity (Wildman–Crippen MR) is 79.4 cm³/mol. The van der Waals surface area contributed by atoms with Crippen LogP contribution in [0.5, 0.6) is 5.75 Å². The number of hydrogen-bond donors (Lipinski definition) is 0. The fourth-order valence-corrected chi connectivity index (χ4v) is 2.25. The number of imidazole rings is 1. The number of rotatable bonds is 5. The number of hydrogen-bond acceptors (Lipinski definition) is 4. The Kier molecular flexibility index (Phi) is 3.64. The monoisotopic (exact) mass is 281 g/mol. The van der Waals surface area contributed by atoms with E-state index in [9.17, 15) is 4.79 Å². The van der Waals surface area contributed by atoms with E-state index in [-0.39, 0.29) is 0 Å². The molecule has 0 unspecified atom stereocenters. The highest BCUT2D eigenvalue weighted by Gasteiger charge is 2.05. The lowest BCUT2D eigenvalue weighted by Gasteiger charge is -2.06. The minimum Gasteiger partial charge on any atom is -0.497 e. The first-order chi connectivity index (χ1) is 10.3. The quantitative estimate of drug-likeness (QED) is 0.673. The van der Waals surface area contributed by atoms with Crippen molar-refractivity contribution in [3.63, 3.8) is 0 Å². The van der Waals surface area contributed by atoms with E-state index in [1.165, 1.54) is 0 Å². The smallest absolute Gasteiger partial charge is 0.125 e. The van der Waals surface area contributed by atoms with Crippen molar-refractivity contribution >= 4 is 17.3 Å². The summed E-state index contributed by atoms with van der Waals surface area (Å²) in [5, 5.41) is 0. The summed E-state index contributed by atoms with van der Waals surface area (Å²) in [6.07, 6.45) is 4.73. The average Bonchev–Trinajstić information content (AvgIpc) is 2.91. The van der Waals surface area contributed by atoms with Crippen LogP contribution in [0.1, 0.15) is 11.3 Å². The van der Waals surface area contributed by atoms with Crippen molar-refractivity contribution in [3.8, 4) is 5.75 Å². The summed E-state index contributed by atoms with van der Waals surface area (Å²) in [5.41, 5.74) is 3.72. The van der Waals surface area contributed by atoms with Gasteiger partial charge in [-0.3, -0.25) is 4.98 Å². The van der Waals surface area contributed by atoms with Crippen LogP contribution in [0, 0.1) is 0 Å². The molecule has 0 aliphatic heterocycles. The zero-order chi connectivity index (χ0) is 14.7. The van der Waals surface area contributed by atoms with Crippen LogP contribution in [-0.2, 0) is 17.8 Å². The first-order valence-electron chi connectivity index (χ1n) is 6.66. The summed E-state index contributed by atoms with van der Waals surface area (Å²) in [6.45, 7) is 0.717. The highest BCUT2D eigenvalue weighted by molar-refractivity contribution is 5.75. The van der Waals surface area contributed by atoms with Crippen LogP contribution in [0.15, 0.2) is 42.9 Å². The molecule has 0 amide bonds. The molecule has 5 heteroatoms. The molecule has 0 bridgehead atoms. The second-order valence-electron chi connectivity index (χ2n) is 4.76. The van der Waals surface area contributed by atoms with Crippen molar-refractivity contribution in [3.05, 3.63) is 54.1 Å². The number of pyridine rings is 1. The molecule has 0 N–H and O–H groups in total. The van der Waals surface area contributed by atoms with Crippen molar-refractivity contribution in [1.82, 2.24) is 14.5 Å². The van der Waals surface area contributed by atoms with Gasteiger partial charge in [0, 0.05) is 18.7 Å². The largest absolute Gasteiger partial charge is 0.497 e. The molecule has 0 aliphatic carbocycles. The van der Waals surface area contributed by atoms with Crippen LogP contribution < -0.4 is 4.74 Å². The molecule has 5 nitrogen and oxygen atoms in total. The van der Waals surface area contributed by atoms with E-state index >= 15 is 0 Å². The molecular weight excluding hydrogens is 266 g/mol. The molecule has 3 aromatic rings. The molecule has 106 valence electrons. The van der Waals surface area contributed by atoms with Gasteiger partial charge >= 0.3 is 0 Å². The van der Waals surface area contributed by atoms with E-state index in [2.05, 4.69) is 9.97 Å². The topological polar surface area (TPSA) is 57.0 Å². The molecule has 0 fully saturated rings. The molecule has 0 spiro atoms. The first kappa shape index (κ1) is 13.3. The van der Waals surface area contributed by atoms with Gasteiger partial charge in [0.2, 0.25) is 0 Å². The molecule has 0 saturated heterocycles. The molecule has 0 radical (unpaired) electrons. The van der Waals surface area contributed by atoms with Crippen LogP contribution in [0.4, 0.5) is 0 Å². The van der Waals surface area contributed by atoms with Gasteiger partial charge < -0.3 is 14.1 Å². The maximum Gasteiger partial charge on any atom is 0.125 e. The Labute approximate surface area is 122 Å². The van der Waals surface area contributed by atoms with E-state index < -0.39 is 0 Å². The second-order valence-corrected chi connectivity index (χ2v) is 4.76. The van der Waals surface area contributed by atoms with Gasteiger partial charge in [-0.15, -0.1) is 0 Å². The molecule has 1 aromatic carbocycles. The van der Waals surface area contributed by atoms with Crippen molar-refractivity contribution in [1.29, 1.82) is 0 Å². The fourth-order valence-electron chi connectivity index (χ4n) is 2.25. The Bertz CT molecular complexity index is 763. The minimum atomic E-state index is 0.321. The van der Waals surface area contributed by atoms with E-state index in [4.69, 9.17) is 4.74 Å². The van der Waals surface area contributed by atoms with Crippen LogP contribution in [0.2, 0.25) is 0 Å². The molecule has 0 saturated carbocycles. The number of carbonyl (C=O) groups is 1. The van der Waals surface area contributed by atoms with Gasteiger partial charge in [-0.1, -0.05) is 12.1 Å². The third-order valence-corrected chi connectivity index (χ3v) is 3.37. The van der Waals surface area contributed by atoms with Crippen molar-refractivity contribution < 1.29 is 9.53 Å². The highest BCUT2D eigenvalue weighted by atomic mass is 16.5. The Balaban J connectivity index is 1.87. The summed E-state index contributed by atoms with van der Waals surface area (Å²) in [5.74, 6) is 0.842. The van der Waals surface area contributed by atoms with E-state index in [0.29, 0.717) is 6.42 Å². The Hall–Kier alpha value is -2.69. The van der Waals surface area contributed by atoms with Gasteiger partial charge in [-0.05, 0) is 23.8 Å². The van der Waals surface area contributed by atoms with E-state index in [1.807, 2.05) is 34.9 Å². The lowest BCUT2D eigenvalue weighted by atomic mass is 10.2. The number of fused-ring (bicyclic) bond motifs is 1. The molecule has 2 heterocycles. The predicted octanol–water partition coefficient (Wildman–Crippen LogP) is 2.23. The Morgan fingerprint density at radius 1 is 1.24 bits per heavy atom. The van der Waals surface area contributed by atoms with Crippen molar-refractivity contribution in [2.24, 2.45) is 0 Å². The number of aromatic nitrogens is 3. The van der Waals surface area contributed by atoms with Gasteiger partial charge in [0.25, 0.3) is 0 Å². The van der Waals surface area contributed by atoms with Crippen LogP contribution in [-0.4, -0.2) is 27.9 Å². The van der Waals surface area contributed by atoms with Gasteiger partial charge in [-0.2, -0.15) is 0 Å². The molecule has 21 heavy (non-hydrogen) atoms. The molecular formula is C16H15N3O2. The number of methoxy groups -OCH3 is 1. The number of nitrogens with zero attached hydrogens (tertiary/aromatic N) is 3. The normalized spacial score (nSPS) is 10.7. The zero-order valence-corrected chi connectivity index (χ0v) is 11.7. The van der Waals surface area contributed by atoms with E-state index in [1.54, 1.807) is 19.6 Å². The number of benzene rings is 1. The summed E-state index contributed by atoms with van der Waals surface area (Å²) in [4.78, 5) is 19.2. The lowest BCUT2D eigenvalue weighted by Crippen LogP contribution is -1.99. The number of carbonyl (C=O) groups excluding carboxylic acids is 1. The molecule has 2 aromatic heterocycles. The number of ether oxygens (including phenoxy) is 1. The molecule has 0 atom stereocenters. The van der Waals surface area contributed by atoms with Crippen molar-refractivity contribution in [2.75, 3.05) is 7.11 Å². The third-order valence-electron chi connectivity index (χ3n) is 3.37. The fraction of sp³-hybridized carbons (Fsp3) is 0.188. The minimum absolute atomic E-state index is 0.321. The summed E-state index contributed by atoms with van der Waals surface area (Å²) >= 11 is 0. The summed E-state index contributed by atoms with van der Waals surface area (Å²) < 4.78 is 7.19. The Morgan fingerprint density at radius 3 is 2.76 bits per heavy atom. The van der Waals surface area contributed by atoms with Gasteiger partial charge in [0.05, 0.1) is 30.7 Å². The maximum atomic E-state index is 10.5. The van der Waals surface area contributed by atoms with E-state index in [0.717, 1.165) is 40.9 Å². The van der Waals surface area contributed by atoms with Crippen LogP contribution in [0.3, 0.4) is 0 Å². The highest BCUT2D eigenvalue weighted by Crippen LogP contribution is 2.16. The zero-order valence-electron chi connectivity index (χ0n) is 11.7. The molecule has 0 aliphatic rings. The SMILES string of the molecule is COc1ccc(Cn2cnc3cc(CC=O)ncc32)cc1. The first-order valence-corrected chi connectivity index (χ1v) is 6.66. The maximum absolute atomic E-state index is 10.5. The standard InChI is InChI=1S/C16H15N3O2/c1-21-14-4-2-12(3-5-14)10-19-11-18-15-8-13(6-7-20)17-9-16(15)19/h2-5,7-9,11H,6,10H2,1H3. The van der Waals surface area contributed by atoms with Crippen LogP contribution in [0.25, 0.3) is 11.0 Å². The van der Waals surface area contributed by atoms with Gasteiger partial charge in [0.1, 0.15) is 12.0 Å². The summed E-state index contributed by atoms with van der Waals surface area (Å²) in [6, 6.07) is 9.79. The van der Waals surface area contributed by atoms with Crippen molar-refractivity contribution in [2.45, 2.75) is 13.0 Å². The Morgan fingerprint density at radius 2 is 2.05 bits per heavy atom. The summed E-state index contributed by atoms with van der Waals surface area (Å²) in [7, 11) is 1.65. The third kappa shape index (κ3) is 2.76. The molecule has 3 rings (SSSR count). The lowest BCUT2D eigenvalue weighted by molar-refractivity contribution is -0.107. The average molecular weight is 281 g/mol. The second kappa shape index (κ2) is 5.75. The number of aldehydes is 1. The van der Waals surface area contributed by atoms with Crippen LogP contribution >= 0.6 is 0 Å². The van der Waals surface area contributed by atoms with Gasteiger partial charge in [0.15, 0.2) is 0 Å².